The molecule has 0 saturated carbocycles. The Balaban J connectivity index is 1.86. The number of nitrogens with zero attached hydrogens (tertiary/aromatic N) is 5. The van der Waals surface area contributed by atoms with Gasteiger partial charge in [-0.1, -0.05) is 21.0 Å². The summed E-state index contributed by atoms with van der Waals surface area (Å²) in [6.45, 7) is -0.0624. The van der Waals surface area contributed by atoms with Gasteiger partial charge in [-0.3, -0.25) is 14.8 Å². The fourth-order valence-electron chi connectivity index (χ4n) is 2.69. The van der Waals surface area contributed by atoms with E-state index in [1.54, 1.807) is 6.07 Å². The van der Waals surface area contributed by atoms with Crippen LogP contribution >= 0.6 is 15.9 Å². The van der Waals surface area contributed by atoms with Gasteiger partial charge in [0.1, 0.15) is 5.82 Å². The van der Waals surface area contributed by atoms with Crippen LogP contribution in [0, 0.1) is 11.6 Å². The monoisotopic (exact) mass is 475 g/mol. The molecule has 3 N–H and O–H groups in total. The van der Waals surface area contributed by atoms with Crippen LogP contribution in [-0.2, 0) is 6.54 Å². The van der Waals surface area contributed by atoms with E-state index in [9.17, 15) is 9.18 Å². The van der Waals surface area contributed by atoms with Gasteiger partial charge < -0.3 is 20.0 Å². The third-order valence-corrected chi connectivity index (χ3v) is 4.53. The number of anilines is 3. The zero-order valence-corrected chi connectivity index (χ0v) is 16.6. The van der Waals surface area contributed by atoms with E-state index in [0.717, 1.165) is 4.57 Å². The number of halogens is 3. The molecule has 0 aliphatic carbocycles. The van der Waals surface area contributed by atoms with E-state index in [-0.39, 0.29) is 35.4 Å². The molecule has 0 aliphatic rings. The van der Waals surface area contributed by atoms with Crippen molar-refractivity contribution >= 4 is 33.3 Å². The summed E-state index contributed by atoms with van der Waals surface area (Å²) in [6, 6.07) is 3.89. The first-order chi connectivity index (χ1) is 14.4. The molecule has 30 heavy (non-hydrogen) atoms. The van der Waals surface area contributed by atoms with Gasteiger partial charge in [0.15, 0.2) is 0 Å². The number of nitrogens with two attached hydrogens (primary N) is 1. The number of pyridine rings is 1. The van der Waals surface area contributed by atoms with Crippen molar-refractivity contribution in [2.75, 3.05) is 11.1 Å². The van der Waals surface area contributed by atoms with Crippen LogP contribution in [0.5, 0.6) is 0 Å². The molecule has 0 unspecified atom stereocenters. The smallest absolute Gasteiger partial charge is 0.313 e. The Morgan fingerprint density at radius 1 is 1.23 bits per heavy atom. The minimum atomic E-state index is -1.17. The zero-order chi connectivity index (χ0) is 21.3. The second-order valence-electron chi connectivity index (χ2n) is 6.06. The van der Waals surface area contributed by atoms with Gasteiger partial charge in [-0.05, 0) is 18.2 Å². The van der Waals surface area contributed by atoms with Crippen LogP contribution in [0.1, 0.15) is 5.69 Å². The molecule has 9 nitrogen and oxygen atoms in total. The summed E-state index contributed by atoms with van der Waals surface area (Å²) in [5.41, 5.74) is 4.57. The van der Waals surface area contributed by atoms with E-state index in [1.165, 1.54) is 36.9 Å². The normalized spacial score (nSPS) is 10.9. The summed E-state index contributed by atoms with van der Waals surface area (Å²) in [5, 5.41) is 9.90. The molecule has 4 aromatic rings. The lowest BCUT2D eigenvalue weighted by Crippen LogP contribution is -2.25. The minimum absolute atomic E-state index is 0.0162. The molecule has 0 saturated heterocycles. The number of aromatic nitrogens is 5. The molecule has 0 atom stereocenters. The fraction of sp³-hybridized carbons (Fsp3) is 0.0556. The molecule has 12 heteroatoms. The van der Waals surface area contributed by atoms with E-state index >= 15 is 4.39 Å². The lowest BCUT2D eigenvalue weighted by molar-refractivity contribution is 0.570. The minimum Gasteiger partial charge on any atom is -0.403 e. The van der Waals surface area contributed by atoms with Crippen LogP contribution in [0.3, 0.4) is 0 Å². The maximum absolute atomic E-state index is 15.1. The molecule has 0 aliphatic heterocycles. The molecule has 0 radical (unpaired) electrons. The highest BCUT2D eigenvalue weighted by molar-refractivity contribution is 9.10. The van der Waals surface area contributed by atoms with Crippen LogP contribution in [0.2, 0.25) is 0 Å². The van der Waals surface area contributed by atoms with Gasteiger partial charge in [0.2, 0.25) is 5.82 Å². The standard InChI is InChI=1S/C18H12BrF2N7O2/c19-9-1-2-13(12(20)5-9)25-15-11(16-26-27-18(22)30-16)8-28(17(29)14(15)21)7-10-6-23-3-4-24-10/h1-6,8,25H,7H2,(H2,22,27). The number of nitrogen functional groups attached to an aromatic ring is 1. The van der Waals surface area contributed by atoms with Gasteiger partial charge >= 0.3 is 6.01 Å². The van der Waals surface area contributed by atoms with Crippen LogP contribution in [0.25, 0.3) is 11.5 Å². The summed E-state index contributed by atoms with van der Waals surface area (Å²) in [5.74, 6) is -1.99. The molecule has 3 aromatic heterocycles. The van der Waals surface area contributed by atoms with E-state index in [4.69, 9.17) is 10.2 Å². The average molecular weight is 476 g/mol. The zero-order valence-electron chi connectivity index (χ0n) is 15.0. The van der Waals surface area contributed by atoms with Gasteiger partial charge in [-0.2, -0.15) is 4.39 Å². The van der Waals surface area contributed by atoms with E-state index in [0.29, 0.717) is 10.2 Å². The van der Waals surface area contributed by atoms with Crippen LogP contribution in [0.15, 0.2) is 56.7 Å². The van der Waals surface area contributed by atoms with E-state index in [2.05, 4.69) is 41.4 Å². The molecule has 3 heterocycles. The first kappa shape index (κ1) is 19.6. The topological polar surface area (TPSA) is 125 Å². The van der Waals surface area contributed by atoms with Gasteiger partial charge in [-0.25, -0.2) is 4.39 Å². The predicted molar refractivity (Wildman–Crippen MR) is 107 cm³/mol. The summed E-state index contributed by atoms with van der Waals surface area (Å²) in [4.78, 5) is 20.6. The number of hydrogen-bond donors (Lipinski definition) is 2. The molecule has 0 bridgehead atoms. The van der Waals surface area contributed by atoms with Gasteiger partial charge in [-0.15, -0.1) is 5.10 Å². The largest absolute Gasteiger partial charge is 0.403 e. The average Bonchev–Trinajstić information content (AvgIpc) is 3.16. The van der Waals surface area contributed by atoms with Crippen molar-refractivity contribution in [3.63, 3.8) is 0 Å². The quantitative estimate of drug-likeness (QED) is 0.450. The third-order valence-electron chi connectivity index (χ3n) is 4.03. The summed E-state index contributed by atoms with van der Waals surface area (Å²) in [7, 11) is 0. The Morgan fingerprint density at radius 3 is 2.73 bits per heavy atom. The summed E-state index contributed by atoms with van der Waals surface area (Å²) >= 11 is 3.15. The van der Waals surface area contributed by atoms with Gasteiger partial charge in [0.25, 0.3) is 11.4 Å². The van der Waals surface area contributed by atoms with Gasteiger partial charge in [0.05, 0.1) is 35.4 Å². The number of hydrogen-bond acceptors (Lipinski definition) is 8. The molecule has 0 spiro atoms. The number of rotatable bonds is 5. The molecule has 4 rings (SSSR count). The van der Waals surface area contributed by atoms with Crippen molar-refractivity contribution in [2.24, 2.45) is 0 Å². The Kier molecular flexibility index (Phi) is 5.23. The molecule has 1 aromatic carbocycles. The van der Waals surface area contributed by atoms with Crippen LogP contribution < -0.4 is 16.6 Å². The second-order valence-corrected chi connectivity index (χ2v) is 6.97. The lowest BCUT2D eigenvalue weighted by atomic mass is 10.2. The highest BCUT2D eigenvalue weighted by Crippen LogP contribution is 2.32. The first-order valence-corrected chi connectivity index (χ1v) is 9.21. The summed E-state index contributed by atoms with van der Waals surface area (Å²) in [6.07, 6.45) is 5.66. The SMILES string of the molecule is Nc1nnc(-c2cn(Cc3cnccn3)c(=O)c(F)c2Nc2ccc(Br)cc2F)o1. The van der Waals surface area contributed by atoms with Crippen LogP contribution in [-0.4, -0.2) is 24.7 Å². The van der Waals surface area contributed by atoms with Gasteiger partial charge in [0, 0.05) is 23.1 Å². The van der Waals surface area contributed by atoms with Crippen molar-refractivity contribution < 1.29 is 13.2 Å². The van der Waals surface area contributed by atoms with Crippen LogP contribution in [0.4, 0.5) is 26.2 Å². The molecule has 152 valence electrons. The van der Waals surface area contributed by atoms with Crippen molar-refractivity contribution in [3.05, 3.63) is 75.1 Å². The Bertz CT molecular complexity index is 1280. The van der Waals surface area contributed by atoms with Crippen molar-refractivity contribution in [1.29, 1.82) is 0 Å². The first-order valence-electron chi connectivity index (χ1n) is 8.41. The van der Waals surface area contributed by atoms with Crippen molar-refractivity contribution in [1.82, 2.24) is 24.7 Å². The number of benzene rings is 1. The Labute approximate surface area is 175 Å². The highest BCUT2D eigenvalue weighted by Gasteiger charge is 2.22. The van der Waals surface area contributed by atoms with Crippen molar-refractivity contribution in [3.8, 4) is 11.5 Å². The summed E-state index contributed by atoms with van der Waals surface area (Å²) < 4.78 is 36.2. The fourth-order valence-corrected chi connectivity index (χ4v) is 3.02. The maximum atomic E-state index is 15.1. The maximum Gasteiger partial charge on any atom is 0.313 e. The lowest BCUT2D eigenvalue weighted by Gasteiger charge is -2.14. The predicted octanol–water partition coefficient (Wildman–Crippen LogP) is 3.10. The second kappa shape index (κ2) is 7.99. The Morgan fingerprint density at radius 2 is 2.07 bits per heavy atom. The molecule has 0 fully saturated rings. The number of nitrogens with one attached hydrogen (secondary N) is 1. The molecular formula is C18H12BrF2N7O2. The Hall–Kier alpha value is -3.67. The van der Waals surface area contributed by atoms with Crippen molar-refractivity contribution in [2.45, 2.75) is 6.54 Å². The van der Waals surface area contributed by atoms with E-state index in [1.807, 2.05) is 0 Å². The third kappa shape index (κ3) is 3.89. The highest BCUT2D eigenvalue weighted by atomic mass is 79.9. The molecular weight excluding hydrogens is 464 g/mol. The molecule has 0 amide bonds. The van der Waals surface area contributed by atoms with E-state index < -0.39 is 17.2 Å².